The van der Waals surface area contributed by atoms with E-state index in [0.29, 0.717) is 17.4 Å². The summed E-state index contributed by atoms with van der Waals surface area (Å²) in [5.41, 5.74) is 0.341. The summed E-state index contributed by atoms with van der Waals surface area (Å²) in [7, 11) is 0. The summed E-state index contributed by atoms with van der Waals surface area (Å²) in [6, 6.07) is 0. The fourth-order valence-electron chi connectivity index (χ4n) is 4.02. The van der Waals surface area contributed by atoms with Crippen molar-refractivity contribution >= 4 is 5.91 Å². The Hall–Kier alpha value is -0.530. The van der Waals surface area contributed by atoms with Gasteiger partial charge >= 0.3 is 0 Å². The smallest absolute Gasteiger partial charge is 0.223 e. The first-order valence-corrected chi connectivity index (χ1v) is 6.13. The van der Waals surface area contributed by atoms with Crippen molar-refractivity contribution in [2.24, 2.45) is 5.92 Å². The van der Waals surface area contributed by atoms with Crippen molar-refractivity contribution < 1.29 is 4.79 Å². The Labute approximate surface area is 85.7 Å². The van der Waals surface area contributed by atoms with Gasteiger partial charge in [0.1, 0.15) is 0 Å². The fraction of sp³-hybridized carbons (Fsp3) is 0.917. The zero-order chi connectivity index (χ0) is 9.60. The van der Waals surface area contributed by atoms with Gasteiger partial charge in [0.2, 0.25) is 5.91 Å². The molecular weight excluding hydrogens is 174 g/mol. The van der Waals surface area contributed by atoms with Gasteiger partial charge in [-0.1, -0.05) is 12.8 Å². The highest BCUT2D eigenvalue weighted by Crippen LogP contribution is 2.50. The molecule has 0 N–H and O–H groups in total. The van der Waals surface area contributed by atoms with Crippen molar-refractivity contribution in [2.45, 2.75) is 56.9 Å². The molecule has 2 atom stereocenters. The van der Waals surface area contributed by atoms with Gasteiger partial charge in [0.05, 0.1) is 0 Å². The minimum atomic E-state index is 0.341. The van der Waals surface area contributed by atoms with E-state index in [1.54, 1.807) is 0 Å². The first-order chi connectivity index (χ1) is 6.83. The number of carbonyl (C=O) groups is 1. The van der Waals surface area contributed by atoms with E-state index in [1.165, 1.54) is 44.9 Å². The van der Waals surface area contributed by atoms with E-state index in [4.69, 9.17) is 0 Å². The number of rotatable bonds is 0. The van der Waals surface area contributed by atoms with E-state index in [0.717, 1.165) is 13.0 Å². The van der Waals surface area contributed by atoms with Crippen molar-refractivity contribution in [1.29, 1.82) is 0 Å². The lowest BCUT2D eigenvalue weighted by Crippen LogP contribution is -2.53. The van der Waals surface area contributed by atoms with Crippen LogP contribution in [0.1, 0.15) is 51.4 Å². The van der Waals surface area contributed by atoms with Gasteiger partial charge in [-0.2, -0.15) is 0 Å². The second-order valence-corrected chi connectivity index (χ2v) is 5.25. The SMILES string of the molecule is O=C1CC2CCCCC23CCCCN13. The molecule has 2 aliphatic heterocycles. The van der Waals surface area contributed by atoms with Crippen LogP contribution in [-0.2, 0) is 4.79 Å². The molecule has 1 aliphatic carbocycles. The first-order valence-electron chi connectivity index (χ1n) is 6.13. The molecule has 0 aromatic heterocycles. The Morgan fingerprint density at radius 1 is 1.14 bits per heavy atom. The molecule has 2 nitrogen and oxygen atoms in total. The van der Waals surface area contributed by atoms with E-state index < -0.39 is 0 Å². The number of nitrogens with zero attached hydrogens (tertiary/aromatic N) is 1. The zero-order valence-corrected chi connectivity index (χ0v) is 8.80. The Morgan fingerprint density at radius 3 is 2.79 bits per heavy atom. The van der Waals surface area contributed by atoms with Gasteiger partial charge in [0.25, 0.3) is 0 Å². The molecule has 3 aliphatic rings. The van der Waals surface area contributed by atoms with Gasteiger partial charge in [-0.25, -0.2) is 0 Å². The Balaban J connectivity index is 1.95. The first kappa shape index (κ1) is 8.75. The predicted molar refractivity (Wildman–Crippen MR) is 54.9 cm³/mol. The van der Waals surface area contributed by atoms with Crippen molar-refractivity contribution in [3.63, 3.8) is 0 Å². The average molecular weight is 193 g/mol. The molecule has 14 heavy (non-hydrogen) atoms. The molecule has 2 heterocycles. The average Bonchev–Trinajstić information content (AvgIpc) is 2.51. The van der Waals surface area contributed by atoms with Crippen LogP contribution in [0.25, 0.3) is 0 Å². The fourth-order valence-corrected chi connectivity index (χ4v) is 4.02. The van der Waals surface area contributed by atoms with E-state index >= 15 is 0 Å². The molecule has 0 aromatic carbocycles. The predicted octanol–water partition coefficient (Wildman–Crippen LogP) is 2.33. The van der Waals surface area contributed by atoms with Crippen molar-refractivity contribution in [2.75, 3.05) is 6.54 Å². The van der Waals surface area contributed by atoms with Gasteiger partial charge in [-0.3, -0.25) is 4.79 Å². The lowest BCUT2D eigenvalue weighted by molar-refractivity contribution is -0.133. The standard InChI is InChI=1S/C12H19NO/c14-11-9-10-5-1-2-6-12(10)7-3-4-8-13(11)12/h10H,1-9H2. The second kappa shape index (κ2) is 2.98. The van der Waals surface area contributed by atoms with Crippen molar-refractivity contribution in [3.05, 3.63) is 0 Å². The van der Waals surface area contributed by atoms with Crippen LogP contribution >= 0.6 is 0 Å². The van der Waals surface area contributed by atoms with E-state index in [-0.39, 0.29) is 0 Å². The topological polar surface area (TPSA) is 20.3 Å². The Bertz CT molecular complexity index is 257. The second-order valence-electron chi connectivity index (χ2n) is 5.25. The molecule has 0 radical (unpaired) electrons. The van der Waals surface area contributed by atoms with Crippen LogP contribution < -0.4 is 0 Å². The van der Waals surface area contributed by atoms with Gasteiger partial charge in [0.15, 0.2) is 0 Å². The summed E-state index contributed by atoms with van der Waals surface area (Å²) >= 11 is 0. The Kier molecular flexibility index (Phi) is 1.86. The van der Waals surface area contributed by atoms with Gasteiger partial charge in [-0.05, 0) is 38.0 Å². The monoisotopic (exact) mass is 193 g/mol. The highest BCUT2D eigenvalue weighted by Gasteiger charge is 2.53. The maximum atomic E-state index is 11.9. The quantitative estimate of drug-likeness (QED) is 0.578. The molecule has 3 rings (SSSR count). The van der Waals surface area contributed by atoms with Crippen LogP contribution in [0.2, 0.25) is 0 Å². The van der Waals surface area contributed by atoms with Gasteiger partial charge in [0, 0.05) is 18.5 Å². The normalized spacial score (nSPS) is 42.1. The number of amides is 1. The third kappa shape index (κ3) is 0.999. The van der Waals surface area contributed by atoms with Crippen LogP contribution in [0.5, 0.6) is 0 Å². The molecule has 2 saturated heterocycles. The molecule has 1 spiro atoms. The molecule has 2 heteroatoms. The third-order valence-electron chi connectivity index (χ3n) is 4.67. The van der Waals surface area contributed by atoms with Crippen molar-refractivity contribution in [3.8, 4) is 0 Å². The molecular formula is C12H19NO. The molecule has 0 aromatic rings. The minimum absolute atomic E-state index is 0.341. The number of piperidine rings is 1. The van der Waals surface area contributed by atoms with Crippen molar-refractivity contribution in [1.82, 2.24) is 4.90 Å². The van der Waals surface area contributed by atoms with Crippen LogP contribution in [0.15, 0.2) is 0 Å². The largest absolute Gasteiger partial charge is 0.337 e. The van der Waals surface area contributed by atoms with E-state index in [2.05, 4.69) is 4.90 Å². The van der Waals surface area contributed by atoms with E-state index in [9.17, 15) is 4.79 Å². The third-order valence-corrected chi connectivity index (χ3v) is 4.67. The molecule has 1 saturated carbocycles. The minimum Gasteiger partial charge on any atom is -0.337 e. The number of carbonyl (C=O) groups excluding carboxylic acids is 1. The lowest BCUT2D eigenvalue weighted by atomic mass is 9.69. The number of hydrogen-bond donors (Lipinski definition) is 0. The highest BCUT2D eigenvalue weighted by molar-refractivity contribution is 5.80. The molecule has 1 amide bonds. The molecule has 0 bridgehead atoms. The Morgan fingerprint density at radius 2 is 1.93 bits per heavy atom. The summed E-state index contributed by atoms with van der Waals surface area (Å²) in [5, 5.41) is 0. The summed E-state index contributed by atoms with van der Waals surface area (Å²) in [6.45, 7) is 1.05. The molecule has 78 valence electrons. The van der Waals surface area contributed by atoms with Crippen LogP contribution in [0, 0.1) is 5.92 Å². The summed E-state index contributed by atoms with van der Waals surface area (Å²) < 4.78 is 0. The van der Waals surface area contributed by atoms with Crippen LogP contribution in [0.3, 0.4) is 0 Å². The molecule has 2 unspecified atom stereocenters. The van der Waals surface area contributed by atoms with Crippen LogP contribution in [-0.4, -0.2) is 22.9 Å². The number of hydrogen-bond acceptors (Lipinski definition) is 1. The van der Waals surface area contributed by atoms with Crippen LogP contribution in [0.4, 0.5) is 0 Å². The molecule has 3 fully saturated rings. The zero-order valence-electron chi connectivity index (χ0n) is 8.80. The van der Waals surface area contributed by atoms with E-state index in [1.807, 2.05) is 0 Å². The summed E-state index contributed by atoms with van der Waals surface area (Å²) in [5.74, 6) is 1.17. The van der Waals surface area contributed by atoms with Gasteiger partial charge < -0.3 is 4.90 Å². The summed E-state index contributed by atoms with van der Waals surface area (Å²) in [6.07, 6.45) is 10.0. The van der Waals surface area contributed by atoms with Gasteiger partial charge in [-0.15, -0.1) is 0 Å². The summed E-state index contributed by atoms with van der Waals surface area (Å²) in [4.78, 5) is 14.1. The highest BCUT2D eigenvalue weighted by atomic mass is 16.2. The maximum absolute atomic E-state index is 11.9. The lowest BCUT2D eigenvalue weighted by Gasteiger charge is -2.48. The maximum Gasteiger partial charge on any atom is 0.223 e.